The second-order valence-electron chi connectivity index (χ2n) is 8.22. The van der Waals surface area contributed by atoms with Crippen LogP contribution in [0.25, 0.3) is 0 Å². The van der Waals surface area contributed by atoms with Gasteiger partial charge in [0.25, 0.3) is 11.8 Å². The highest BCUT2D eigenvalue weighted by molar-refractivity contribution is 5.96. The average molecular weight is 422 g/mol. The summed E-state index contributed by atoms with van der Waals surface area (Å²) < 4.78 is 5.41. The number of carbonyl (C=O) groups excluding carboxylic acids is 2. The van der Waals surface area contributed by atoms with E-state index in [4.69, 9.17) is 4.74 Å². The van der Waals surface area contributed by atoms with Crippen LogP contribution in [0, 0.1) is 0 Å². The summed E-state index contributed by atoms with van der Waals surface area (Å²) in [5, 5.41) is 0. The van der Waals surface area contributed by atoms with Crippen molar-refractivity contribution in [1.82, 2.24) is 14.7 Å². The van der Waals surface area contributed by atoms with Gasteiger partial charge in [0.15, 0.2) is 0 Å². The number of hydrogen-bond donors (Lipinski definition) is 0. The Balaban J connectivity index is 1.33. The highest BCUT2D eigenvalue weighted by atomic mass is 16.5. The van der Waals surface area contributed by atoms with Crippen LogP contribution in [0.3, 0.4) is 0 Å². The third-order valence-corrected chi connectivity index (χ3v) is 6.15. The molecular formula is C25H31N3O3. The van der Waals surface area contributed by atoms with Crippen molar-refractivity contribution in [3.63, 3.8) is 0 Å². The number of carbonyl (C=O) groups is 2. The number of nitrogens with zero attached hydrogens (tertiary/aromatic N) is 3. The van der Waals surface area contributed by atoms with Crippen LogP contribution in [0.2, 0.25) is 0 Å². The van der Waals surface area contributed by atoms with E-state index in [-0.39, 0.29) is 11.8 Å². The van der Waals surface area contributed by atoms with Gasteiger partial charge in [-0.05, 0) is 41.8 Å². The summed E-state index contributed by atoms with van der Waals surface area (Å²) in [6.45, 7) is 8.58. The minimum atomic E-state index is 0.0438. The van der Waals surface area contributed by atoms with Gasteiger partial charge in [0.2, 0.25) is 0 Å². The van der Waals surface area contributed by atoms with Crippen LogP contribution in [0.5, 0.6) is 0 Å². The summed E-state index contributed by atoms with van der Waals surface area (Å²) >= 11 is 0. The van der Waals surface area contributed by atoms with Gasteiger partial charge < -0.3 is 14.5 Å². The van der Waals surface area contributed by atoms with Gasteiger partial charge in [-0.3, -0.25) is 14.5 Å². The molecule has 2 fully saturated rings. The lowest BCUT2D eigenvalue weighted by molar-refractivity contribution is 0.0341. The maximum absolute atomic E-state index is 13.1. The molecule has 2 aliphatic heterocycles. The second kappa shape index (κ2) is 10.1. The predicted octanol–water partition coefficient (Wildman–Crippen LogP) is 2.68. The predicted molar refractivity (Wildman–Crippen MR) is 120 cm³/mol. The van der Waals surface area contributed by atoms with E-state index in [1.165, 1.54) is 5.56 Å². The molecule has 2 saturated heterocycles. The fourth-order valence-corrected chi connectivity index (χ4v) is 4.18. The maximum atomic E-state index is 13.1. The van der Waals surface area contributed by atoms with E-state index in [0.717, 1.165) is 50.4 Å². The molecule has 0 radical (unpaired) electrons. The third kappa shape index (κ3) is 5.32. The Morgan fingerprint density at radius 3 is 2.00 bits per heavy atom. The second-order valence-corrected chi connectivity index (χ2v) is 8.22. The molecule has 0 N–H and O–H groups in total. The van der Waals surface area contributed by atoms with Crippen LogP contribution in [0.4, 0.5) is 0 Å². The SMILES string of the molecule is CCc1ccc(C(=O)N2CCN(C(=O)c3cccc(CN4CCOCC4)c3)CC2)cc1. The number of benzene rings is 2. The zero-order valence-corrected chi connectivity index (χ0v) is 18.3. The Kier molecular flexibility index (Phi) is 6.99. The fraction of sp³-hybridized carbons (Fsp3) is 0.440. The highest BCUT2D eigenvalue weighted by Crippen LogP contribution is 2.15. The number of aryl methyl sites for hydroxylation is 1. The molecule has 0 aliphatic carbocycles. The van der Waals surface area contributed by atoms with Crippen LogP contribution in [0.1, 0.15) is 38.8 Å². The van der Waals surface area contributed by atoms with Crippen molar-refractivity contribution in [3.8, 4) is 0 Å². The van der Waals surface area contributed by atoms with Crippen molar-refractivity contribution >= 4 is 11.8 Å². The number of rotatable bonds is 5. The lowest BCUT2D eigenvalue weighted by atomic mass is 10.1. The normalized spacial score (nSPS) is 17.6. The van der Waals surface area contributed by atoms with Gasteiger partial charge in [-0.2, -0.15) is 0 Å². The molecule has 0 saturated carbocycles. The molecule has 31 heavy (non-hydrogen) atoms. The van der Waals surface area contributed by atoms with Gasteiger partial charge in [-0.1, -0.05) is 31.2 Å². The molecule has 2 aliphatic rings. The van der Waals surface area contributed by atoms with Crippen LogP contribution >= 0.6 is 0 Å². The molecular weight excluding hydrogens is 390 g/mol. The lowest BCUT2D eigenvalue weighted by Gasteiger charge is -2.35. The molecule has 2 aromatic rings. The topological polar surface area (TPSA) is 53.1 Å². The van der Waals surface area contributed by atoms with Crippen molar-refractivity contribution in [1.29, 1.82) is 0 Å². The summed E-state index contributed by atoms with van der Waals surface area (Å²) in [4.78, 5) is 31.9. The first-order chi connectivity index (χ1) is 15.1. The molecule has 0 atom stereocenters. The largest absolute Gasteiger partial charge is 0.379 e. The van der Waals surface area contributed by atoms with E-state index in [2.05, 4.69) is 17.9 Å². The number of hydrogen-bond acceptors (Lipinski definition) is 4. The first-order valence-corrected chi connectivity index (χ1v) is 11.2. The smallest absolute Gasteiger partial charge is 0.253 e. The minimum absolute atomic E-state index is 0.0438. The molecule has 2 amide bonds. The summed E-state index contributed by atoms with van der Waals surface area (Å²) in [5.41, 5.74) is 3.81. The summed E-state index contributed by atoms with van der Waals surface area (Å²) in [6.07, 6.45) is 0.961. The van der Waals surface area contributed by atoms with Crippen molar-refractivity contribution in [3.05, 3.63) is 70.8 Å². The summed E-state index contributed by atoms with van der Waals surface area (Å²) in [5.74, 6) is 0.0884. The molecule has 0 unspecified atom stereocenters. The monoisotopic (exact) mass is 421 g/mol. The molecule has 164 valence electrons. The summed E-state index contributed by atoms with van der Waals surface area (Å²) in [7, 11) is 0. The molecule has 6 nitrogen and oxygen atoms in total. The Labute approximate surface area is 184 Å². The van der Waals surface area contributed by atoms with Crippen molar-refractivity contribution in [2.75, 3.05) is 52.5 Å². The van der Waals surface area contributed by atoms with Gasteiger partial charge in [0.1, 0.15) is 0 Å². The first kappa shape index (κ1) is 21.5. The van der Waals surface area contributed by atoms with E-state index in [1.54, 1.807) is 0 Å². The number of amides is 2. The van der Waals surface area contributed by atoms with E-state index in [0.29, 0.717) is 31.7 Å². The zero-order valence-electron chi connectivity index (χ0n) is 18.3. The standard InChI is InChI=1S/C25H31N3O3/c1-2-20-6-8-22(9-7-20)24(29)27-10-12-28(13-11-27)25(30)23-5-3-4-21(18-23)19-26-14-16-31-17-15-26/h3-9,18H,2,10-17,19H2,1H3. The molecule has 0 bridgehead atoms. The van der Waals surface area contributed by atoms with E-state index in [9.17, 15) is 9.59 Å². The molecule has 2 heterocycles. The highest BCUT2D eigenvalue weighted by Gasteiger charge is 2.25. The quantitative estimate of drug-likeness (QED) is 0.745. The van der Waals surface area contributed by atoms with E-state index < -0.39 is 0 Å². The molecule has 0 spiro atoms. The molecule has 4 rings (SSSR count). The number of morpholine rings is 1. The molecule has 2 aromatic carbocycles. The third-order valence-electron chi connectivity index (χ3n) is 6.15. The van der Waals surface area contributed by atoms with Gasteiger partial charge >= 0.3 is 0 Å². The summed E-state index contributed by atoms with van der Waals surface area (Å²) in [6, 6.07) is 15.8. The van der Waals surface area contributed by atoms with Gasteiger partial charge in [-0.15, -0.1) is 0 Å². The number of piperazine rings is 1. The van der Waals surface area contributed by atoms with Crippen molar-refractivity contribution in [2.24, 2.45) is 0 Å². The molecule has 6 heteroatoms. The maximum Gasteiger partial charge on any atom is 0.253 e. The van der Waals surface area contributed by atoms with Crippen LogP contribution in [-0.2, 0) is 17.7 Å². The Morgan fingerprint density at radius 1 is 0.774 bits per heavy atom. The minimum Gasteiger partial charge on any atom is -0.379 e. The Morgan fingerprint density at radius 2 is 1.39 bits per heavy atom. The van der Waals surface area contributed by atoms with Crippen LogP contribution < -0.4 is 0 Å². The fourth-order valence-electron chi connectivity index (χ4n) is 4.18. The Hall–Kier alpha value is -2.70. The van der Waals surface area contributed by atoms with Crippen molar-refractivity contribution in [2.45, 2.75) is 19.9 Å². The zero-order chi connectivity index (χ0) is 21.6. The average Bonchev–Trinajstić information content (AvgIpc) is 2.84. The van der Waals surface area contributed by atoms with Crippen LogP contribution in [0.15, 0.2) is 48.5 Å². The van der Waals surface area contributed by atoms with Crippen molar-refractivity contribution < 1.29 is 14.3 Å². The van der Waals surface area contributed by atoms with Gasteiger partial charge in [-0.25, -0.2) is 0 Å². The van der Waals surface area contributed by atoms with Crippen LogP contribution in [-0.4, -0.2) is 79.0 Å². The van der Waals surface area contributed by atoms with Gasteiger partial charge in [0, 0.05) is 56.9 Å². The number of ether oxygens (including phenoxy) is 1. The van der Waals surface area contributed by atoms with E-state index in [1.807, 2.05) is 52.3 Å². The van der Waals surface area contributed by atoms with Gasteiger partial charge in [0.05, 0.1) is 13.2 Å². The lowest BCUT2D eigenvalue weighted by Crippen LogP contribution is -2.50. The van der Waals surface area contributed by atoms with E-state index >= 15 is 0 Å². The first-order valence-electron chi connectivity index (χ1n) is 11.2. The molecule has 0 aromatic heterocycles. The Bertz CT molecular complexity index is 898.